The number of carbonyl (C=O) groups is 1. The number of hydrogen-bond donors (Lipinski definition) is 2. The van der Waals surface area contributed by atoms with Gasteiger partial charge in [-0.2, -0.15) is 4.98 Å². The zero-order valence-corrected chi connectivity index (χ0v) is 14.6. The Hall–Kier alpha value is -2.08. The summed E-state index contributed by atoms with van der Waals surface area (Å²) in [5.41, 5.74) is 1.19. The minimum atomic E-state index is -0.464. The van der Waals surface area contributed by atoms with Gasteiger partial charge in [-0.1, -0.05) is 12.1 Å². The Kier molecular flexibility index (Phi) is 4.15. The molecule has 1 amide bonds. The molecule has 1 aromatic carbocycles. The Balaban J connectivity index is 1.37. The average molecular weight is 343 g/mol. The zero-order valence-electron chi connectivity index (χ0n) is 14.6. The summed E-state index contributed by atoms with van der Waals surface area (Å²) in [6, 6.07) is 8.38. The Morgan fingerprint density at radius 3 is 2.68 bits per heavy atom. The van der Waals surface area contributed by atoms with Crippen molar-refractivity contribution in [3.8, 4) is 0 Å². The second-order valence-corrected chi connectivity index (χ2v) is 7.56. The van der Waals surface area contributed by atoms with Crippen LogP contribution in [0.15, 0.2) is 28.7 Å². The van der Waals surface area contributed by atoms with Crippen LogP contribution < -0.4 is 10.2 Å². The molecule has 2 aromatic rings. The first-order valence-electron chi connectivity index (χ1n) is 9.12. The van der Waals surface area contributed by atoms with Crippen LogP contribution in [0.2, 0.25) is 0 Å². The highest BCUT2D eigenvalue weighted by Crippen LogP contribution is 2.39. The molecule has 0 bridgehead atoms. The minimum Gasteiger partial charge on any atom is -0.423 e. The highest BCUT2D eigenvalue weighted by Gasteiger charge is 2.43. The number of aliphatic hydroxyl groups is 1. The van der Waals surface area contributed by atoms with Crippen molar-refractivity contribution in [3.63, 3.8) is 0 Å². The SMILES string of the molecule is CC(CO)(NC(=O)C1CCN(c2nc3ccccc3o2)CC1)C1CC1. The van der Waals surface area contributed by atoms with Crippen LogP contribution in [0.5, 0.6) is 0 Å². The number of benzene rings is 1. The van der Waals surface area contributed by atoms with E-state index in [-0.39, 0.29) is 18.4 Å². The van der Waals surface area contributed by atoms with Crippen molar-refractivity contribution in [2.75, 3.05) is 24.6 Å². The normalized spacial score (nSPS) is 21.3. The highest BCUT2D eigenvalue weighted by molar-refractivity contribution is 5.80. The van der Waals surface area contributed by atoms with E-state index in [0.717, 1.165) is 49.9 Å². The van der Waals surface area contributed by atoms with Crippen molar-refractivity contribution in [2.24, 2.45) is 11.8 Å². The fourth-order valence-electron chi connectivity index (χ4n) is 3.70. The van der Waals surface area contributed by atoms with Crippen LogP contribution in [0.1, 0.15) is 32.6 Å². The molecule has 1 saturated heterocycles. The molecule has 1 saturated carbocycles. The van der Waals surface area contributed by atoms with Gasteiger partial charge in [-0.05, 0) is 50.7 Å². The Morgan fingerprint density at radius 1 is 1.32 bits per heavy atom. The Labute approximate surface area is 147 Å². The number of nitrogens with one attached hydrogen (secondary N) is 1. The van der Waals surface area contributed by atoms with Crippen LogP contribution in [-0.4, -0.2) is 41.2 Å². The number of oxazole rings is 1. The number of fused-ring (bicyclic) bond motifs is 1. The maximum absolute atomic E-state index is 12.6. The fourth-order valence-corrected chi connectivity index (χ4v) is 3.70. The van der Waals surface area contributed by atoms with Crippen LogP contribution in [0.3, 0.4) is 0 Å². The molecule has 6 nitrogen and oxygen atoms in total. The van der Waals surface area contributed by atoms with E-state index >= 15 is 0 Å². The Bertz CT molecular complexity index is 729. The molecule has 0 radical (unpaired) electrons. The maximum atomic E-state index is 12.6. The first-order chi connectivity index (χ1) is 12.1. The smallest absolute Gasteiger partial charge is 0.298 e. The van der Waals surface area contributed by atoms with Crippen molar-refractivity contribution in [2.45, 2.75) is 38.1 Å². The second kappa shape index (κ2) is 6.33. The molecule has 2 aliphatic rings. The molecule has 134 valence electrons. The summed E-state index contributed by atoms with van der Waals surface area (Å²) in [5, 5.41) is 12.8. The molecule has 2 N–H and O–H groups in total. The van der Waals surface area contributed by atoms with Gasteiger partial charge in [0.2, 0.25) is 5.91 Å². The molecule has 25 heavy (non-hydrogen) atoms. The minimum absolute atomic E-state index is 0.00512. The lowest BCUT2D eigenvalue weighted by molar-refractivity contribution is -0.128. The summed E-state index contributed by atoms with van der Waals surface area (Å²) in [7, 11) is 0. The van der Waals surface area contributed by atoms with Gasteiger partial charge in [-0.15, -0.1) is 0 Å². The maximum Gasteiger partial charge on any atom is 0.298 e. The number of anilines is 1. The molecule has 1 atom stereocenters. The molecule has 2 heterocycles. The average Bonchev–Trinajstić information content (AvgIpc) is 3.41. The van der Waals surface area contributed by atoms with Gasteiger partial charge in [0.15, 0.2) is 5.58 Å². The molecule has 6 heteroatoms. The summed E-state index contributed by atoms with van der Waals surface area (Å²) in [6.07, 6.45) is 3.73. The number of aliphatic hydroxyl groups excluding tert-OH is 1. The molecule has 4 rings (SSSR count). The van der Waals surface area contributed by atoms with Gasteiger partial charge in [0.25, 0.3) is 6.01 Å². The lowest BCUT2D eigenvalue weighted by Gasteiger charge is -2.34. The fraction of sp³-hybridized carbons (Fsp3) is 0.579. The zero-order chi connectivity index (χ0) is 17.4. The molecule has 0 spiro atoms. The van der Waals surface area contributed by atoms with Gasteiger partial charge in [0, 0.05) is 19.0 Å². The van der Waals surface area contributed by atoms with Crippen LogP contribution in [-0.2, 0) is 4.79 Å². The quantitative estimate of drug-likeness (QED) is 0.871. The molecule has 1 unspecified atom stereocenters. The van der Waals surface area contributed by atoms with Crippen molar-refractivity contribution in [3.05, 3.63) is 24.3 Å². The number of nitrogens with zero attached hydrogens (tertiary/aromatic N) is 2. The monoisotopic (exact) mass is 343 g/mol. The number of rotatable bonds is 5. The topological polar surface area (TPSA) is 78.6 Å². The molecule has 1 aromatic heterocycles. The van der Waals surface area contributed by atoms with E-state index in [0.29, 0.717) is 11.9 Å². The molecule has 1 aliphatic carbocycles. The molecular weight excluding hydrogens is 318 g/mol. The van der Waals surface area contributed by atoms with Gasteiger partial charge in [-0.3, -0.25) is 4.79 Å². The Morgan fingerprint density at radius 2 is 2.04 bits per heavy atom. The highest BCUT2D eigenvalue weighted by atomic mass is 16.4. The van der Waals surface area contributed by atoms with E-state index in [4.69, 9.17) is 4.42 Å². The number of aromatic nitrogens is 1. The van der Waals surface area contributed by atoms with E-state index < -0.39 is 5.54 Å². The summed E-state index contributed by atoms with van der Waals surface area (Å²) in [6.45, 7) is 3.47. The predicted molar refractivity (Wildman–Crippen MR) is 95.3 cm³/mol. The second-order valence-electron chi connectivity index (χ2n) is 7.56. The van der Waals surface area contributed by atoms with Gasteiger partial charge in [0.05, 0.1) is 12.1 Å². The summed E-state index contributed by atoms with van der Waals surface area (Å²) in [5.74, 6) is 0.479. The van der Waals surface area contributed by atoms with E-state index in [2.05, 4.69) is 15.2 Å². The number of piperidine rings is 1. The van der Waals surface area contributed by atoms with Gasteiger partial charge in [0.1, 0.15) is 5.52 Å². The number of hydrogen-bond acceptors (Lipinski definition) is 5. The van der Waals surface area contributed by atoms with E-state index in [9.17, 15) is 9.90 Å². The molecule has 1 aliphatic heterocycles. The van der Waals surface area contributed by atoms with E-state index in [1.807, 2.05) is 31.2 Å². The number of carbonyl (C=O) groups excluding carboxylic acids is 1. The lowest BCUT2D eigenvalue weighted by Crippen LogP contribution is -2.53. The molecule has 2 fully saturated rings. The largest absolute Gasteiger partial charge is 0.423 e. The summed E-state index contributed by atoms with van der Waals surface area (Å²) < 4.78 is 5.82. The van der Waals surface area contributed by atoms with E-state index in [1.54, 1.807) is 0 Å². The predicted octanol–water partition coefficient (Wildman–Crippen LogP) is 2.32. The number of amides is 1. The van der Waals surface area contributed by atoms with Gasteiger partial charge in [-0.25, -0.2) is 0 Å². The lowest BCUT2D eigenvalue weighted by atomic mass is 9.92. The van der Waals surface area contributed by atoms with Crippen molar-refractivity contribution in [1.82, 2.24) is 10.3 Å². The third-order valence-electron chi connectivity index (χ3n) is 5.63. The molecular formula is C19H25N3O3. The van der Waals surface area contributed by atoms with Crippen LogP contribution >= 0.6 is 0 Å². The summed E-state index contributed by atoms with van der Waals surface area (Å²) >= 11 is 0. The van der Waals surface area contributed by atoms with Gasteiger partial charge < -0.3 is 19.7 Å². The van der Waals surface area contributed by atoms with Crippen LogP contribution in [0.4, 0.5) is 6.01 Å². The van der Waals surface area contributed by atoms with E-state index in [1.165, 1.54) is 0 Å². The van der Waals surface area contributed by atoms with Crippen molar-refractivity contribution in [1.29, 1.82) is 0 Å². The third-order valence-corrected chi connectivity index (χ3v) is 5.63. The van der Waals surface area contributed by atoms with Crippen LogP contribution in [0.25, 0.3) is 11.1 Å². The van der Waals surface area contributed by atoms with Crippen molar-refractivity contribution >= 4 is 23.0 Å². The van der Waals surface area contributed by atoms with Gasteiger partial charge >= 0.3 is 0 Å². The third kappa shape index (κ3) is 3.23. The summed E-state index contributed by atoms with van der Waals surface area (Å²) in [4.78, 5) is 19.3. The number of para-hydroxylation sites is 2. The van der Waals surface area contributed by atoms with Crippen LogP contribution in [0, 0.1) is 11.8 Å². The standard InChI is InChI=1S/C19H25N3O3/c1-19(12-23,14-6-7-14)21-17(24)13-8-10-22(11-9-13)18-20-15-4-2-3-5-16(15)25-18/h2-5,13-14,23H,6-12H2,1H3,(H,21,24). The first kappa shape index (κ1) is 16.4. The van der Waals surface area contributed by atoms with Crippen molar-refractivity contribution < 1.29 is 14.3 Å². The first-order valence-corrected chi connectivity index (χ1v) is 9.12.